The van der Waals surface area contributed by atoms with Crippen molar-refractivity contribution in [2.24, 2.45) is 0 Å². The van der Waals surface area contributed by atoms with Crippen molar-refractivity contribution in [3.8, 4) is 0 Å². The average molecular weight is 200 g/mol. The second-order valence-electron chi connectivity index (χ2n) is 3.67. The van der Waals surface area contributed by atoms with Crippen molar-refractivity contribution in [1.29, 1.82) is 5.41 Å². The largest absolute Gasteiger partial charge is 0.444 e. The van der Waals surface area contributed by atoms with E-state index < -0.39 is 11.7 Å². The maximum atomic E-state index is 11.1. The first kappa shape index (κ1) is 12.6. The zero-order valence-electron chi connectivity index (χ0n) is 8.63. The molecule has 0 spiro atoms. The van der Waals surface area contributed by atoms with Crippen LogP contribution in [0.25, 0.3) is 0 Å². The van der Waals surface area contributed by atoms with Crippen molar-refractivity contribution in [2.45, 2.75) is 26.4 Å². The van der Waals surface area contributed by atoms with Crippen LogP contribution in [-0.4, -0.2) is 29.6 Å². The molecule has 0 aliphatic carbocycles. The predicted octanol–water partition coefficient (Wildman–Crippen LogP) is 1.04. The van der Waals surface area contributed by atoms with E-state index in [2.05, 4.69) is 5.32 Å². The molecule has 14 heavy (non-hydrogen) atoms. The van der Waals surface area contributed by atoms with Crippen LogP contribution in [0.2, 0.25) is 0 Å². The Bertz CT molecular complexity index is 241. The third-order valence-corrected chi connectivity index (χ3v) is 1.14. The molecule has 0 aliphatic heterocycles. The number of aliphatic hydroxyl groups is 1. The molecule has 0 unspecified atom stereocenters. The van der Waals surface area contributed by atoms with Gasteiger partial charge in [-0.15, -0.1) is 0 Å². The summed E-state index contributed by atoms with van der Waals surface area (Å²) >= 11 is 0. The Labute approximate surface area is 83.3 Å². The molecule has 1 amide bonds. The normalized spacial score (nSPS) is 12.1. The fourth-order valence-corrected chi connectivity index (χ4v) is 0.592. The van der Waals surface area contributed by atoms with Crippen molar-refractivity contribution < 1.29 is 14.6 Å². The number of ether oxygens (including phenoxy) is 1. The lowest BCUT2D eigenvalue weighted by Gasteiger charge is -2.18. The van der Waals surface area contributed by atoms with Crippen molar-refractivity contribution in [1.82, 2.24) is 5.32 Å². The van der Waals surface area contributed by atoms with Gasteiger partial charge < -0.3 is 15.3 Å². The first-order chi connectivity index (χ1) is 6.39. The Morgan fingerprint density at radius 2 is 2.14 bits per heavy atom. The Morgan fingerprint density at radius 3 is 2.50 bits per heavy atom. The van der Waals surface area contributed by atoms with Crippen LogP contribution in [0, 0.1) is 5.41 Å². The molecule has 0 atom stereocenters. The highest BCUT2D eigenvalue weighted by Crippen LogP contribution is 2.06. The minimum atomic E-state index is -0.606. The van der Waals surface area contributed by atoms with Crippen LogP contribution in [0.4, 0.5) is 4.79 Å². The third-order valence-electron chi connectivity index (χ3n) is 1.14. The third kappa shape index (κ3) is 6.19. The summed E-state index contributed by atoms with van der Waals surface area (Å²) in [6.07, 6.45) is 1.59. The maximum Gasteiger partial charge on any atom is 0.411 e. The summed E-state index contributed by atoms with van der Waals surface area (Å²) in [4.78, 5) is 11.1. The van der Waals surface area contributed by atoms with E-state index in [9.17, 15) is 4.79 Å². The van der Waals surface area contributed by atoms with E-state index in [0.29, 0.717) is 5.57 Å². The average Bonchev–Trinajstić information content (AvgIpc) is 2.03. The van der Waals surface area contributed by atoms with Crippen molar-refractivity contribution in [3.05, 3.63) is 11.8 Å². The van der Waals surface area contributed by atoms with Gasteiger partial charge in [-0.2, -0.15) is 0 Å². The number of carbonyl (C=O) groups excluding carboxylic acids is 1. The summed E-state index contributed by atoms with van der Waals surface area (Å²) in [6, 6.07) is 0. The standard InChI is InChI=1S/C9H16N2O3/c1-9(2,3)14-8(13)11-5-7(4-10)6-12/h4-5,10,12H,6H2,1-3H3,(H,11,13)/b7-5+,10-4?. The summed E-state index contributed by atoms with van der Waals surface area (Å²) in [7, 11) is 0. The fraction of sp³-hybridized carbons (Fsp3) is 0.556. The molecule has 3 N–H and O–H groups in total. The molecule has 80 valence electrons. The van der Waals surface area contributed by atoms with Gasteiger partial charge in [0.2, 0.25) is 0 Å². The molecule has 0 saturated carbocycles. The Hall–Kier alpha value is -1.36. The quantitative estimate of drug-likeness (QED) is 0.595. The van der Waals surface area contributed by atoms with Crippen LogP contribution in [0.5, 0.6) is 0 Å². The monoisotopic (exact) mass is 200 g/mol. The smallest absolute Gasteiger partial charge is 0.411 e. The summed E-state index contributed by atoms with van der Waals surface area (Å²) in [5.41, 5.74) is -0.252. The second-order valence-corrected chi connectivity index (χ2v) is 3.67. The van der Waals surface area contributed by atoms with Gasteiger partial charge in [-0.3, -0.25) is 5.32 Å². The minimum Gasteiger partial charge on any atom is -0.444 e. The van der Waals surface area contributed by atoms with E-state index in [1.54, 1.807) is 20.8 Å². The molecule has 0 heterocycles. The first-order valence-electron chi connectivity index (χ1n) is 4.19. The molecule has 5 heteroatoms. The highest BCUT2D eigenvalue weighted by molar-refractivity contribution is 5.77. The van der Waals surface area contributed by atoms with E-state index in [-0.39, 0.29) is 6.61 Å². The molecule has 0 aromatic carbocycles. The second kappa shape index (κ2) is 5.39. The molecule has 5 nitrogen and oxygen atoms in total. The highest BCUT2D eigenvalue weighted by atomic mass is 16.6. The lowest BCUT2D eigenvalue weighted by molar-refractivity contribution is 0.0552. The molecular formula is C9H16N2O3. The van der Waals surface area contributed by atoms with Gasteiger partial charge in [0.25, 0.3) is 0 Å². The van der Waals surface area contributed by atoms with E-state index in [1.165, 1.54) is 6.20 Å². The predicted molar refractivity (Wildman–Crippen MR) is 53.3 cm³/mol. The molecule has 0 rings (SSSR count). The van der Waals surface area contributed by atoms with Gasteiger partial charge in [-0.1, -0.05) is 0 Å². The Balaban J connectivity index is 4.08. The van der Waals surface area contributed by atoms with Crippen LogP contribution in [0.3, 0.4) is 0 Å². The number of carbonyl (C=O) groups is 1. The lowest BCUT2D eigenvalue weighted by Crippen LogP contribution is -2.30. The summed E-state index contributed by atoms with van der Waals surface area (Å²) in [5.74, 6) is 0. The van der Waals surface area contributed by atoms with Gasteiger partial charge in [0.15, 0.2) is 0 Å². The van der Waals surface area contributed by atoms with Gasteiger partial charge in [-0.25, -0.2) is 4.79 Å². The lowest BCUT2D eigenvalue weighted by atomic mass is 10.2. The Morgan fingerprint density at radius 1 is 1.57 bits per heavy atom. The van der Waals surface area contributed by atoms with Crippen molar-refractivity contribution in [3.63, 3.8) is 0 Å². The number of rotatable bonds is 3. The van der Waals surface area contributed by atoms with E-state index in [4.69, 9.17) is 15.3 Å². The van der Waals surface area contributed by atoms with Gasteiger partial charge in [0.05, 0.1) is 6.61 Å². The number of amides is 1. The first-order valence-corrected chi connectivity index (χ1v) is 4.19. The van der Waals surface area contributed by atoms with Crippen molar-refractivity contribution >= 4 is 12.3 Å². The zero-order valence-corrected chi connectivity index (χ0v) is 8.63. The summed E-state index contributed by atoms with van der Waals surface area (Å²) in [5, 5.41) is 17.8. The molecule has 0 radical (unpaired) electrons. The summed E-state index contributed by atoms with van der Waals surface area (Å²) < 4.78 is 4.93. The molecule has 0 fully saturated rings. The van der Waals surface area contributed by atoms with Gasteiger partial charge in [-0.05, 0) is 20.8 Å². The maximum absolute atomic E-state index is 11.1. The van der Waals surface area contributed by atoms with Gasteiger partial charge in [0, 0.05) is 18.0 Å². The van der Waals surface area contributed by atoms with Crippen LogP contribution >= 0.6 is 0 Å². The molecule has 0 aromatic rings. The fourth-order valence-electron chi connectivity index (χ4n) is 0.592. The zero-order chi connectivity index (χ0) is 11.2. The van der Waals surface area contributed by atoms with E-state index in [0.717, 1.165) is 6.21 Å². The Kier molecular flexibility index (Phi) is 4.86. The number of hydrogen-bond acceptors (Lipinski definition) is 4. The van der Waals surface area contributed by atoms with E-state index >= 15 is 0 Å². The summed E-state index contributed by atoms with van der Waals surface area (Å²) in [6.45, 7) is 4.96. The van der Waals surface area contributed by atoms with Crippen LogP contribution < -0.4 is 5.32 Å². The van der Waals surface area contributed by atoms with Gasteiger partial charge in [0.1, 0.15) is 5.60 Å². The number of hydrogen-bond donors (Lipinski definition) is 3. The van der Waals surface area contributed by atoms with Gasteiger partial charge >= 0.3 is 6.09 Å². The molecule has 0 bridgehead atoms. The molecule has 0 aliphatic rings. The molecule has 0 aromatic heterocycles. The number of nitrogens with one attached hydrogen (secondary N) is 2. The van der Waals surface area contributed by atoms with Crippen molar-refractivity contribution in [2.75, 3.05) is 6.61 Å². The van der Waals surface area contributed by atoms with Crippen LogP contribution in [0.15, 0.2) is 11.8 Å². The number of alkyl carbamates (subject to hydrolysis) is 1. The van der Waals surface area contributed by atoms with Crippen LogP contribution in [0.1, 0.15) is 20.8 Å². The highest BCUT2D eigenvalue weighted by Gasteiger charge is 2.14. The minimum absolute atomic E-state index is 0.292. The van der Waals surface area contributed by atoms with Crippen LogP contribution in [-0.2, 0) is 4.74 Å². The molecule has 0 saturated heterocycles. The van der Waals surface area contributed by atoms with E-state index in [1.807, 2.05) is 0 Å². The number of aliphatic hydroxyl groups excluding tert-OH is 1. The topological polar surface area (TPSA) is 82.4 Å². The SMILES string of the molecule is CC(C)(C)OC(=O)N/C=C(\C=N)CO. The molecular weight excluding hydrogens is 184 g/mol.